The Kier molecular flexibility index (Phi) is 6.78. The van der Waals surface area contributed by atoms with E-state index < -0.39 is 11.9 Å². The molecule has 10 heteroatoms. The zero-order valence-electron chi connectivity index (χ0n) is 17.1. The summed E-state index contributed by atoms with van der Waals surface area (Å²) < 4.78 is 11.3. The van der Waals surface area contributed by atoms with E-state index in [0.29, 0.717) is 45.4 Å². The highest BCUT2D eigenvalue weighted by Crippen LogP contribution is 2.36. The molecular formula is C21H21ClN4O5. The minimum absolute atomic E-state index is 0.253. The molecule has 0 aliphatic rings. The van der Waals surface area contributed by atoms with Gasteiger partial charge >= 0.3 is 6.03 Å². The Balaban J connectivity index is 2.01. The number of pyridine rings is 1. The van der Waals surface area contributed by atoms with E-state index in [9.17, 15) is 9.59 Å². The summed E-state index contributed by atoms with van der Waals surface area (Å²) >= 11 is 6.35. The van der Waals surface area contributed by atoms with Gasteiger partial charge in [0.1, 0.15) is 17.2 Å². The Bertz CT molecular complexity index is 1140. The lowest BCUT2D eigenvalue weighted by molar-refractivity contribution is 0.0535. The molecule has 3 amide bonds. The second-order valence-electron chi connectivity index (χ2n) is 6.31. The van der Waals surface area contributed by atoms with Gasteiger partial charge in [0.05, 0.1) is 36.0 Å². The fraction of sp³-hybridized carbons (Fsp3) is 0.190. The Labute approximate surface area is 183 Å². The molecular weight excluding hydrogens is 424 g/mol. The van der Waals surface area contributed by atoms with E-state index in [2.05, 4.69) is 10.5 Å². The highest BCUT2D eigenvalue weighted by molar-refractivity contribution is 6.34. The van der Waals surface area contributed by atoms with Crippen molar-refractivity contribution in [1.82, 2.24) is 10.5 Å². The molecule has 3 aromatic rings. The van der Waals surface area contributed by atoms with Crippen molar-refractivity contribution in [2.45, 2.75) is 6.92 Å². The van der Waals surface area contributed by atoms with Gasteiger partial charge in [-0.05, 0) is 31.2 Å². The SMILES string of the molecule is CCN(C(N)=O)c1ccc(Oc2ccnc3cc(OC)c(C(=O)NOC)cc23)cc1Cl. The van der Waals surface area contributed by atoms with Crippen molar-refractivity contribution in [3.63, 3.8) is 0 Å². The van der Waals surface area contributed by atoms with E-state index in [1.807, 2.05) is 0 Å². The number of methoxy groups -OCH3 is 1. The number of rotatable bonds is 7. The molecule has 0 saturated carbocycles. The summed E-state index contributed by atoms with van der Waals surface area (Å²) in [5.74, 6) is 0.741. The van der Waals surface area contributed by atoms with Crippen molar-refractivity contribution in [3.05, 3.63) is 53.2 Å². The number of benzene rings is 2. The highest BCUT2D eigenvalue weighted by atomic mass is 35.5. The molecule has 31 heavy (non-hydrogen) atoms. The van der Waals surface area contributed by atoms with Crippen LogP contribution >= 0.6 is 11.6 Å². The van der Waals surface area contributed by atoms with Gasteiger partial charge < -0.3 is 15.2 Å². The Morgan fingerprint density at radius 2 is 1.94 bits per heavy atom. The number of hydrogen-bond donors (Lipinski definition) is 2. The molecule has 1 heterocycles. The second kappa shape index (κ2) is 9.50. The molecule has 0 aliphatic carbocycles. The predicted octanol–water partition coefficient (Wildman–Crippen LogP) is 3.89. The standard InChI is InChI=1S/C21H21ClN4O5/c1-4-26(21(23)28)17-6-5-12(9-15(17)22)31-18-7-8-24-16-11-19(29-2)14(10-13(16)18)20(27)25-30-3/h5-11H,4H2,1-3H3,(H2,23,28)(H,25,27). The number of nitrogens with zero attached hydrogens (tertiary/aromatic N) is 2. The summed E-state index contributed by atoms with van der Waals surface area (Å²) in [6.45, 7) is 2.17. The number of hydroxylamine groups is 1. The number of carbonyl (C=O) groups excluding carboxylic acids is 2. The van der Waals surface area contributed by atoms with Crippen LogP contribution in [0.1, 0.15) is 17.3 Å². The zero-order valence-corrected chi connectivity index (χ0v) is 17.9. The van der Waals surface area contributed by atoms with Crippen LogP contribution in [0.2, 0.25) is 5.02 Å². The lowest BCUT2D eigenvalue weighted by Crippen LogP contribution is -2.35. The van der Waals surface area contributed by atoms with Gasteiger partial charge in [-0.1, -0.05) is 11.6 Å². The minimum Gasteiger partial charge on any atom is -0.496 e. The topological polar surface area (TPSA) is 116 Å². The monoisotopic (exact) mass is 444 g/mol. The summed E-state index contributed by atoms with van der Waals surface area (Å²) in [6, 6.07) is 9.19. The summed E-state index contributed by atoms with van der Waals surface area (Å²) in [7, 11) is 2.80. The number of halogens is 1. The summed E-state index contributed by atoms with van der Waals surface area (Å²) in [4.78, 5) is 34.3. The van der Waals surface area contributed by atoms with Crippen molar-refractivity contribution < 1.29 is 23.9 Å². The molecule has 9 nitrogen and oxygen atoms in total. The lowest BCUT2D eigenvalue weighted by Gasteiger charge is -2.20. The maximum Gasteiger partial charge on any atom is 0.319 e. The number of anilines is 1. The Morgan fingerprint density at radius 1 is 1.16 bits per heavy atom. The molecule has 0 aliphatic heterocycles. The van der Waals surface area contributed by atoms with E-state index in [1.54, 1.807) is 49.5 Å². The molecule has 3 rings (SSSR count). The van der Waals surface area contributed by atoms with E-state index in [-0.39, 0.29) is 5.56 Å². The minimum atomic E-state index is -0.603. The number of hydrogen-bond acceptors (Lipinski definition) is 6. The molecule has 0 fully saturated rings. The normalized spacial score (nSPS) is 10.6. The number of aromatic nitrogens is 1. The Morgan fingerprint density at radius 3 is 2.55 bits per heavy atom. The fourth-order valence-electron chi connectivity index (χ4n) is 3.07. The molecule has 0 bridgehead atoms. The van der Waals surface area contributed by atoms with Gasteiger partial charge in [0.2, 0.25) is 0 Å². The zero-order chi connectivity index (χ0) is 22.5. The summed E-state index contributed by atoms with van der Waals surface area (Å²) in [5.41, 5.74) is 8.96. The van der Waals surface area contributed by atoms with Crippen molar-refractivity contribution in [2.75, 3.05) is 25.7 Å². The third kappa shape index (κ3) is 4.62. The van der Waals surface area contributed by atoms with Gasteiger partial charge in [0.15, 0.2) is 0 Å². The van der Waals surface area contributed by atoms with Gasteiger partial charge in [-0.3, -0.25) is 19.5 Å². The number of nitrogens with two attached hydrogens (primary N) is 1. The lowest BCUT2D eigenvalue weighted by atomic mass is 10.1. The van der Waals surface area contributed by atoms with Crippen molar-refractivity contribution in [1.29, 1.82) is 0 Å². The first-order chi connectivity index (χ1) is 14.9. The summed E-state index contributed by atoms with van der Waals surface area (Å²) in [6.07, 6.45) is 1.58. The van der Waals surface area contributed by atoms with Crippen LogP contribution in [0.5, 0.6) is 17.2 Å². The van der Waals surface area contributed by atoms with Crippen LogP contribution in [-0.4, -0.2) is 37.7 Å². The van der Waals surface area contributed by atoms with Crippen molar-refractivity contribution in [2.24, 2.45) is 5.73 Å². The molecule has 0 saturated heterocycles. The van der Waals surface area contributed by atoms with Crippen LogP contribution in [0.3, 0.4) is 0 Å². The Hall–Kier alpha value is -3.56. The molecule has 3 N–H and O–H groups in total. The average molecular weight is 445 g/mol. The molecule has 0 radical (unpaired) electrons. The fourth-order valence-corrected chi connectivity index (χ4v) is 3.35. The number of amides is 3. The summed E-state index contributed by atoms with van der Waals surface area (Å²) in [5, 5.41) is 0.885. The van der Waals surface area contributed by atoms with Crippen molar-refractivity contribution in [3.8, 4) is 17.2 Å². The van der Waals surface area contributed by atoms with Crippen LogP contribution in [0.4, 0.5) is 10.5 Å². The van der Waals surface area contributed by atoms with Crippen LogP contribution in [-0.2, 0) is 4.84 Å². The van der Waals surface area contributed by atoms with Crippen LogP contribution < -0.4 is 25.6 Å². The number of nitrogens with one attached hydrogen (secondary N) is 1. The number of primary amides is 1. The van der Waals surface area contributed by atoms with Gasteiger partial charge in [-0.25, -0.2) is 10.3 Å². The van der Waals surface area contributed by atoms with Crippen LogP contribution in [0.15, 0.2) is 42.6 Å². The first-order valence-corrected chi connectivity index (χ1v) is 9.61. The van der Waals surface area contributed by atoms with Crippen molar-refractivity contribution >= 4 is 40.1 Å². The van der Waals surface area contributed by atoms with E-state index >= 15 is 0 Å². The quantitative estimate of drug-likeness (QED) is 0.534. The largest absolute Gasteiger partial charge is 0.496 e. The predicted molar refractivity (Wildman–Crippen MR) is 117 cm³/mol. The molecule has 162 valence electrons. The third-order valence-corrected chi connectivity index (χ3v) is 4.78. The number of urea groups is 1. The van der Waals surface area contributed by atoms with E-state index in [0.717, 1.165) is 0 Å². The second-order valence-corrected chi connectivity index (χ2v) is 6.72. The van der Waals surface area contributed by atoms with Crippen LogP contribution in [0, 0.1) is 0 Å². The molecule has 0 spiro atoms. The van der Waals surface area contributed by atoms with Gasteiger partial charge in [-0.15, -0.1) is 0 Å². The molecule has 0 atom stereocenters. The molecule has 1 aromatic heterocycles. The highest BCUT2D eigenvalue weighted by Gasteiger charge is 2.18. The van der Waals surface area contributed by atoms with Crippen LogP contribution in [0.25, 0.3) is 10.9 Å². The smallest absolute Gasteiger partial charge is 0.319 e. The maximum absolute atomic E-state index is 12.3. The first-order valence-electron chi connectivity index (χ1n) is 9.24. The molecule has 0 unspecified atom stereocenters. The van der Waals surface area contributed by atoms with Gasteiger partial charge in [0, 0.05) is 30.3 Å². The number of carbonyl (C=O) groups is 2. The van der Waals surface area contributed by atoms with E-state index in [4.69, 9.17) is 31.6 Å². The number of fused-ring (bicyclic) bond motifs is 1. The maximum atomic E-state index is 12.3. The van der Waals surface area contributed by atoms with Gasteiger partial charge in [-0.2, -0.15) is 0 Å². The molecule has 2 aromatic carbocycles. The first kappa shape index (κ1) is 22.1. The average Bonchev–Trinajstić information content (AvgIpc) is 2.75. The number of ether oxygens (including phenoxy) is 2. The third-order valence-electron chi connectivity index (χ3n) is 4.48. The van der Waals surface area contributed by atoms with Gasteiger partial charge in [0.25, 0.3) is 5.91 Å². The van der Waals surface area contributed by atoms with E-state index in [1.165, 1.54) is 19.1 Å².